The van der Waals surface area contributed by atoms with E-state index >= 15 is 0 Å². The van der Waals surface area contributed by atoms with E-state index in [2.05, 4.69) is 12.1 Å². The Morgan fingerprint density at radius 2 is 2.12 bits per heavy atom. The summed E-state index contributed by atoms with van der Waals surface area (Å²) in [5, 5.41) is 0.791. The molecular weight excluding hydrogens is 220 g/mol. The van der Waals surface area contributed by atoms with Crippen LogP contribution in [0.2, 0.25) is 5.02 Å². The molecule has 0 spiro atoms. The van der Waals surface area contributed by atoms with Gasteiger partial charge in [-0.15, -0.1) is 0 Å². The maximum atomic E-state index is 6.27. The molecule has 0 aromatic heterocycles. The SMILES string of the molecule is CN(C)c1ccc([C@@H](N)CC2CC2)c(Cl)c1. The number of nitrogens with two attached hydrogens (primary N) is 1. The van der Waals surface area contributed by atoms with Gasteiger partial charge in [-0.3, -0.25) is 0 Å². The minimum atomic E-state index is 0.0937. The maximum Gasteiger partial charge on any atom is 0.0474 e. The quantitative estimate of drug-likeness (QED) is 0.873. The van der Waals surface area contributed by atoms with Gasteiger partial charge < -0.3 is 10.6 Å². The first-order valence-electron chi connectivity index (χ1n) is 5.80. The number of benzene rings is 1. The van der Waals surface area contributed by atoms with E-state index in [1.165, 1.54) is 12.8 Å². The standard InChI is InChI=1S/C13H19ClN2/c1-16(2)10-5-6-11(12(14)8-10)13(15)7-9-3-4-9/h5-6,8-9,13H,3-4,7,15H2,1-2H3/t13-/m0/s1. The molecule has 2 rings (SSSR count). The number of hydrogen-bond acceptors (Lipinski definition) is 2. The number of halogens is 1. The van der Waals surface area contributed by atoms with Crippen molar-refractivity contribution in [1.82, 2.24) is 0 Å². The predicted molar refractivity (Wildman–Crippen MR) is 70.0 cm³/mol. The second kappa shape index (κ2) is 4.64. The number of hydrogen-bond donors (Lipinski definition) is 1. The van der Waals surface area contributed by atoms with Crippen molar-refractivity contribution < 1.29 is 0 Å². The highest BCUT2D eigenvalue weighted by Crippen LogP contribution is 2.38. The largest absolute Gasteiger partial charge is 0.378 e. The molecule has 0 amide bonds. The topological polar surface area (TPSA) is 29.3 Å². The lowest BCUT2D eigenvalue weighted by Gasteiger charge is -2.17. The predicted octanol–water partition coefficient (Wildman–Crippen LogP) is 3.21. The molecule has 1 aromatic carbocycles. The van der Waals surface area contributed by atoms with Crippen molar-refractivity contribution in [1.29, 1.82) is 0 Å². The van der Waals surface area contributed by atoms with Gasteiger partial charge in [0.2, 0.25) is 0 Å². The molecule has 3 heteroatoms. The Labute approximate surface area is 102 Å². The fraction of sp³-hybridized carbons (Fsp3) is 0.538. The van der Waals surface area contributed by atoms with Crippen LogP contribution in [-0.4, -0.2) is 14.1 Å². The van der Waals surface area contributed by atoms with Gasteiger partial charge in [0.15, 0.2) is 0 Å². The Bertz CT molecular complexity index is 372. The van der Waals surface area contributed by atoms with Gasteiger partial charge in [0.05, 0.1) is 0 Å². The highest BCUT2D eigenvalue weighted by Gasteiger charge is 2.25. The first kappa shape index (κ1) is 11.7. The zero-order valence-electron chi connectivity index (χ0n) is 9.91. The van der Waals surface area contributed by atoms with E-state index in [0.717, 1.165) is 28.6 Å². The van der Waals surface area contributed by atoms with Gasteiger partial charge in [0.1, 0.15) is 0 Å². The van der Waals surface area contributed by atoms with Gasteiger partial charge in [-0.2, -0.15) is 0 Å². The molecule has 0 unspecified atom stereocenters. The van der Waals surface area contributed by atoms with E-state index < -0.39 is 0 Å². The van der Waals surface area contributed by atoms with Crippen LogP contribution in [-0.2, 0) is 0 Å². The first-order valence-corrected chi connectivity index (χ1v) is 6.18. The lowest BCUT2D eigenvalue weighted by Crippen LogP contribution is -2.13. The fourth-order valence-corrected chi connectivity index (χ4v) is 2.25. The Morgan fingerprint density at radius 1 is 1.44 bits per heavy atom. The summed E-state index contributed by atoms with van der Waals surface area (Å²) in [6, 6.07) is 6.22. The lowest BCUT2D eigenvalue weighted by molar-refractivity contribution is 0.597. The first-order chi connectivity index (χ1) is 7.58. The Hall–Kier alpha value is -0.730. The minimum absolute atomic E-state index is 0.0937. The summed E-state index contributed by atoms with van der Waals surface area (Å²) in [4.78, 5) is 2.04. The molecule has 2 N–H and O–H groups in total. The molecule has 16 heavy (non-hydrogen) atoms. The van der Waals surface area contributed by atoms with E-state index in [1.807, 2.05) is 25.1 Å². The van der Waals surface area contributed by atoms with Crippen LogP contribution < -0.4 is 10.6 Å². The molecule has 0 bridgehead atoms. The summed E-state index contributed by atoms with van der Waals surface area (Å²) in [7, 11) is 4.02. The summed E-state index contributed by atoms with van der Waals surface area (Å²) in [6.07, 6.45) is 3.74. The van der Waals surface area contributed by atoms with Crippen LogP contribution in [0.15, 0.2) is 18.2 Å². The van der Waals surface area contributed by atoms with Crippen LogP contribution in [0.5, 0.6) is 0 Å². The van der Waals surface area contributed by atoms with E-state index in [-0.39, 0.29) is 6.04 Å². The van der Waals surface area contributed by atoms with Crippen molar-refractivity contribution in [2.45, 2.75) is 25.3 Å². The lowest BCUT2D eigenvalue weighted by atomic mass is 10.0. The van der Waals surface area contributed by atoms with Gasteiger partial charge >= 0.3 is 0 Å². The Balaban J connectivity index is 2.14. The molecule has 0 aliphatic heterocycles. The molecule has 1 aromatic rings. The molecule has 2 nitrogen and oxygen atoms in total. The van der Waals surface area contributed by atoms with Crippen LogP contribution in [0.4, 0.5) is 5.69 Å². The van der Waals surface area contributed by atoms with Crippen molar-refractivity contribution in [3.8, 4) is 0 Å². The average Bonchev–Trinajstić information content (AvgIpc) is 3.01. The van der Waals surface area contributed by atoms with Gasteiger partial charge in [-0.25, -0.2) is 0 Å². The zero-order valence-corrected chi connectivity index (χ0v) is 10.7. The molecule has 1 atom stereocenters. The van der Waals surface area contributed by atoms with Gasteiger partial charge in [0.25, 0.3) is 0 Å². The highest BCUT2D eigenvalue weighted by molar-refractivity contribution is 6.31. The summed E-state index contributed by atoms with van der Waals surface area (Å²) >= 11 is 6.27. The Morgan fingerprint density at radius 3 is 2.62 bits per heavy atom. The van der Waals surface area contributed by atoms with Crippen molar-refractivity contribution in [2.24, 2.45) is 11.7 Å². The molecule has 1 fully saturated rings. The van der Waals surface area contributed by atoms with Crippen LogP contribution in [0.1, 0.15) is 30.9 Å². The van der Waals surface area contributed by atoms with Crippen LogP contribution in [0.25, 0.3) is 0 Å². The van der Waals surface area contributed by atoms with Gasteiger partial charge in [-0.1, -0.05) is 30.5 Å². The van der Waals surface area contributed by atoms with E-state index in [1.54, 1.807) is 0 Å². The third kappa shape index (κ3) is 2.69. The average molecular weight is 239 g/mol. The molecule has 0 radical (unpaired) electrons. The third-order valence-corrected chi connectivity index (χ3v) is 3.51. The molecular formula is C13H19ClN2. The third-order valence-electron chi connectivity index (χ3n) is 3.18. The number of anilines is 1. The second-order valence-electron chi connectivity index (χ2n) is 4.89. The minimum Gasteiger partial charge on any atom is -0.378 e. The number of nitrogens with zero attached hydrogens (tertiary/aromatic N) is 1. The van der Waals surface area contributed by atoms with E-state index in [0.29, 0.717) is 0 Å². The highest BCUT2D eigenvalue weighted by atomic mass is 35.5. The van der Waals surface area contributed by atoms with E-state index in [4.69, 9.17) is 17.3 Å². The van der Waals surface area contributed by atoms with Gasteiger partial charge in [0, 0.05) is 30.8 Å². The molecule has 0 heterocycles. The molecule has 0 saturated heterocycles. The van der Waals surface area contributed by atoms with Crippen molar-refractivity contribution in [3.63, 3.8) is 0 Å². The maximum absolute atomic E-state index is 6.27. The number of rotatable bonds is 4. The fourth-order valence-electron chi connectivity index (χ4n) is 1.93. The smallest absolute Gasteiger partial charge is 0.0474 e. The van der Waals surface area contributed by atoms with Gasteiger partial charge in [-0.05, 0) is 30.0 Å². The molecule has 1 saturated carbocycles. The van der Waals surface area contributed by atoms with Crippen molar-refractivity contribution in [2.75, 3.05) is 19.0 Å². The summed E-state index contributed by atoms with van der Waals surface area (Å²) in [5.74, 6) is 0.833. The molecule has 88 valence electrons. The Kier molecular flexibility index (Phi) is 3.41. The zero-order chi connectivity index (χ0) is 11.7. The molecule has 1 aliphatic rings. The summed E-state index contributed by atoms with van der Waals surface area (Å²) in [5.41, 5.74) is 8.37. The monoisotopic (exact) mass is 238 g/mol. The molecule has 1 aliphatic carbocycles. The van der Waals surface area contributed by atoms with Crippen LogP contribution in [0.3, 0.4) is 0 Å². The summed E-state index contributed by atoms with van der Waals surface area (Å²) < 4.78 is 0. The van der Waals surface area contributed by atoms with Crippen molar-refractivity contribution >= 4 is 17.3 Å². The summed E-state index contributed by atoms with van der Waals surface area (Å²) in [6.45, 7) is 0. The van der Waals surface area contributed by atoms with Crippen LogP contribution in [0, 0.1) is 5.92 Å². The normalized spacial score (nSPS) is 17.2. The van der Waals surface area contributed by atoms with E-state index in [9.17, 15) is 0 Å². The second-order valence-corrected chi connectivity index (χ2v) is 5.29. The van der Waals surface area contributed by atoms with Crippen molar-refractivity contribution in [3.05, 3.63) is 28.8 Å². The van der Waals surface area contributed by atoms with Crippen LogP contribution >= 0.6 is 11.6 Å².